The van der Waals surface area contributed by atoms with E-state index in [1.807, 2.05) is 19.1 Å². The van der Waals surface area contributed by atoms with E-state index >= 15 is 0 Å². The molecule has 0 aliphatic heterocycles. The number of rotatable bonds is 3. The number of aromatic amines is 1. The van der Waals surface area contributed by atoms with Crippen LogP contribution in [0.2, 0.25) is 0 Å². The molecule has 0 saturated heterocycles. The van der Waals surface area contributed by atoms with Gasteiger partial charge in [0, 0.05) is 11.3 Å². The number of esters is 1. The van der Waals surface area contributed by atoms with E-state index in [2.05, 4.69) is 15.2 Å². The van der Waals surface area contributed by atoms with Crippen molar-refractivity contribution in [2.45, 2.75) is 13.8 Å². The number of benzene rings is 1. The van der Waals surface area contributed by atoms with E-state index in [0.29, 0.717) is 23.7 Å². The molecule has 2 rings (SSSR count). The van der Waals surface area contributed by atoms with Gasteiger partial charge in [-0.05, 0) is 25.5 Å². The zero-order valence-corrected chi connectivity index (χ0v) is 10.2. The number of aromatic nitrogens is 3. The predicted octanol–water partition coefficient (Wildman–Crippen LogP) is 1.54. The Morgan fingerprint density at radius 3 is 3.00 bits per heavy atom. The third-order valence-corrected chi connectivity index (χ3v) is 2.52. The summed E-state index contributed by atoms with van der Waals surface area (Å²) in [4.78, 5) is 15.5. The number of nitrogen functional groups attached to an aromatic ring is 1. The summed E-state index contributed by atoms with van der Waals surface area (Å²) >= 11 is 0. The number of H-pyrrole nitrogens is 1. The van der Waals surface area contributed by atoms with Crippen LogP contribution in [0.25, 0.3) is 11.4 Å². The molecular weight excluding hydrogens is 232 g/mol. The van der Waals surface area contributed by atoms with E-state index in [1.54, 1.807) is 13.0 Å². The fourth-order valence-electron chi connectivity index (χ4n) is 1.55. The van der Waals surface area contributed by atoms with E-state index in [0.717, 1.165) is 5.56 Å². The van der Waals surface area contributed by atoms with E-state index in [4.69, 9.17) is 10.5 Å². The molecule has 6 nitrogen and oxygen atoms in total. The fraction of sp³-hybridized carbons (Fsp3) is 0.250. The van der Waals surface area contributed by atoms with Crippen molar-refractivity contribution in [1.82, 2.24) is 15.2 Å². The van der Waals surface area contributed by atoms with Gasteiger partial charge in [-0.2, -0.15) is 5.10 Å². The number of carbonyl (C=O) groups excluding carboxylic acids is 1. The molecule has 1 heterocycles. The Bertz CT molecular complexity index is 577. The topological polar surface area (TPSA) is 93.9 Å². The van der Waals surface area contributed by atoms with Gasteiger partial charge in [0.05, 0.1) is 6.61 Å². The average molecular weight is 246 g/mol. The minimum absolute atomic E-state index is 0.0766. The van der Waals surface area contributed by atoms with Gasteiger partial charge in [0.25, 0.3) is 0 Å². The Balaban J connectivity index is 2.35. The van der Waals surface area contributed by atoms with Gasteiger partial charge < -0.3 is 10.5 Å². The maximum Gasteiger partial charge on any atom is 0.375 e. The number of ether oxygens (including phenoxy) is 1. The lowest BCUT2D eigenvalue weighted by atomic mass is 10.1. The molecule has 6 heteroatoms. The molecule has 0 aliphatic carbocycles. The van der Waals surface area contributed by atoms with Crippen molar-refractivity contribution in [2.75, 3.05) is 12.3 Å². The van der Waals surface area contributed by atoms with Crippen LogP contribution in [0.4, 0.5) is 5.69 Å². The first-order valence-corrected chi connectivity index (χ1v) is 5.58. The normalized spacial score (nSPS) is 10.3. The monoisotopic (exact) mass is 246 g/mol. The van der Waals surface area contributed by atoms with Crippen molar-refractivity contribution < 1.29 is 9.53 Å². The number of aryl methyl sites for hydroxylation is 1. The minimum Gasteiger partial charge on any atom is -0.460 e. The van der Waals surface area contributed by atoms with Crippen LogP contribution in [-0.4, -0.2) is 27.8 Å². The second-order valence-corrected chi connectivity index (χ2v) is 3.76. The van der Waals surface area contributed by atoms with Gasteiger partial charge in [-0.3, -0.25) is 5.10 Å². The van der Waals surface area contributed by atoms with Crippen LogP contribution >= 0.6 is 0 Å². The molecule has 1 aromatic heterocycles. The lowest BCUT2D eigenvalue weighted by molar-refractivity contribution is 0.0512. The fourth-order valence-corrected chi connectivity index (χ4v) is 1.55. The molecule has 94 valence electrons. The molecule has 0 saturated carbocycles. The smallest absolute Gasteiger partial charge is 0.375 e. The zero-order valence-electron chi connectivity index (χ0n) is 10.2. The van der Waals surface area contributed by atoms with E-state index in [9.17, 15) is 4.79 Å². The molecule has 0 amide bonds. The first kappa shape index (κ1) is 12.1. The summed E-state index contributed by atoms with van der Waals surface area (Å²) in [5.74, 6) is -0.0607. The Hall–Kier alpha value is -2.37. The lowest BCUT2D eigenvalue weighted by Gasteiger charge is -2.03. The van der Waals surface area contributed by atoms with Crippen molar-refractivity contribution in [1.29, 1.82) is 0 Å². The van der Waals surface area contributed by atoms with Crippen LogP contribution in [0.15, 0.2) is 18.2 Å². The SMILES string of the molecule is CCOC(=O)c1nc(-c2cccc(C)c2N)n[nH]1. The minimum atomic E-state index is -0.525. The maximum absolute atomic E-state index is 11.5. The van der Waals surface area contributed by atoms with E-state index < -0.39 is 5.97 Å². The number of hydrogen-bond acceptors (Lipinski definition) is 5. The second-order valence-electron chi connectivity index (χ2n) is 3.76. The molecule has 0 spiro atoms. The number of anilines is 1. The van der Waals surface area contributed by atoms with Gasteiger partial charge in [-0.25, -0.2) is 9.78 Å². The first-order chi connectivity index (χ1) is 8.63. The molecule has 0 atom stereocenters. The molecule has 3 N–H and O–H groups in total. The Morgan fingerprint density at radius 1 is 1.50 bits per heavy atom. The van der Waals surface area contributed by atoms with Crippen LogP contribution in [0.3, 0.4) is 0 Å². The number of carbonyl (C=O) groups is 1. The summed E-state index contributed by atoms with van der Waals surface area (Å²) in [6.45, 7) is 3.92. The van der Waals surface area contributed by atoms with Gasteiger partial charge in [0.15, 0.2) is 5.82 Å². The van der Waals surface area contributed by atoms with Crippen LogP contribution < -0.4 is 5.73 Å². The molecular formula is C12H14N4O2. The molecule has 0 bridgehead atoms. The Morgan fingerprint density at radius 2 is 2.28 bits per heavy atom. The van der Waals surface area contributed by atoms with Crippen molar-refractivity contribution in [3.63, 3.8) is 0 Å². The summed E-state index contributed by atoms with van der Waals surface area (Å²) in [7, 11) is 0. The number of nitrogens with two attached hydrogens (primary N) is 1. The standard InChI is InChI=1S/C12H14N4O2/c1-3-18-12(17)11-14-10(15-16-11)8-6-4-5-7(2)9(8)13/h4-6H,3,13H2,1-2H3,(H,14,15,16). The van der Waals surface area contributed by atoms with Crippen molar-refractivity contribution in [3.05, 3.63) is 29.6 Å². The summed E-state index contributed by atoms with van der Waals surface area (Å²) < 4.78 is 4.83. The van der Waals surface area contributed by atoms with Gasteiger partial charge >= 0.3 is 5.97 Å². The molecule has 0 unspecified atom stereocenters. The van der Waals surface area contributed by atoms with Gasteiger partial charge in [-0.15, -0.1) is 0 Å². The summed E-state index contributed by atoms with van der Waals surface area (Å²) in [5.41, 5.74) is 8.19. The molecule has 1 aromatic carbocycles. The quantitative estimate of drug-likeness (QED) is 0.632. The third-order valence-electron chi connectivity index (χ3n) is 2.52. The van der Waals surface area contributed by atoms with Crippen LogP contribution in [-0.2, 0) is 4.74 Å². The van der Waals surface area contributed by atoms with Crippen molar-refractivity contribution in [2.24, 2.45) is 0 Å². The summed E-state index contributed by atoms with van der Waals surface area (Å²) in [6, 6.07) is 5.57. The molecule has 0 aliphatic rings. The van der Waals surface area contributed by atoms with Crippen molar-refractivity contribution >= 4 is 11.7 Å². The predicted molar refractivity (Wildman–Crippen MR) is 66.9 cm³/mol. The zero-order chi connectivity index (χ0) is 13.1. The van der Waals surface area contributed by atoms with Gasteiger partial charge in [0.1, 0.15) is 0 Å². The third kappa shape index (κ3) is 2.17. The van der Waals surface area contributed by atoms with Crippen LogP contribution in [0.1, 0.15) is 23.1 Å². The molecule has 0 fully saturated rings. The number of para-hydroxylation sites is 1. The first-order valence-electron chi connectivity index (χ1n) is 5.58. The van der Waals surface area contributed by atoms with E-state index in [-0.39, 0.29) is 5.82 Å². The van der Waals surface area contributed by atoms with E-state index in [1.165, 1.54) is 0 Å². The Labute approximate surface area is 104 Å². The largest absolute Gasteiger partial charge is 0.460 e. The molecule has 0 radical (unpaired) electrons. The van der Waals surface area contributed by atoms with Gasteiger partial charge in [-0.1, -0.05) is 12.1 Å². The number of nitrogens with zero attached hydrogens (tertiary/aromatic N) is 2. The van der Waals surface area contributed by atoms with Crippen LogP contribution in [0, 0.1) is 6.92 Å². The average Bonchev–Trinajstić information content (AvgIpc) is 2.82. The van der Waals surface area contributed by atoms with Crippen molar-refractivity contribution in [3.8, 4) is 11.4 Å². The summed E-state index contributed by atoms with van der Waals surface area (Å²) in [5, 5.41) is 6.52. The maximum atomic E-state index is 11.5. The summed E-state index contributed by atoms with van der Waals surface area (Å²) in [6.07, 6.45) is 0. The number of nitrogens with one attached hydrogen (secondary N) is 1. The highest BCUT2D eigenvalue weighted by molar-refractivity contribution is 5.86. The highest BCUT2D eigenvalue weighted by Crippen LogP contribution is 2.25. The molecule has 2 aromatic rings. The highest BCUT2D eigenvalue weighted by Gasteiger charge is 2.15. The second kappa shape index (κ2) is 4.87. The number of hydrogen-bond donors (Lipinski definition) is 2. The lowest BCUT2D eigenvalue weighted by Crippen LogP contribution is -2.06. The van der Waals surface area contributed by atoms with Gasteiger partial charge in [0.2, 0.25) is 5.82 Å². The van der Waals surface area contributed by atoms with Crippen LogP contribution in [0.5, 0.6) is 0 Å². The molecule has 18 heavy (non-hydrogen) atoms. The highest BCUT2D eigenvalue weighted by atomic mass is 16.5. The Kier molecular flexibility index (Phi) is 3.27.